The molecular formula is C16H18O3. The van der Waals surface area contributed by atoms with Crippen LogP contribution < -0.4 is 4.74 Å². The molecule has 0 bridgehead atoms. The number of hydrogen-bond donors (Lipinski definition) is 1. The van der Waals surface area contributed by atoms with Crippen LogP contribution in [0.4, 0.5) is 0 Å². The lowest BCUT2D eigenvalue weighted by atomic mass is 9.91. The summed E-state index contributed by atoms with van der Waals surface area (Å²) in [7, 11) is 0. The Morgan fingerprint density at radius 2 is 2.00 bits per heavy atom. The first-order valence-corrected chi connectivity index (χ1v) is 6.38. The summed E-state index contributed by atoms with van der Waals surface area (Å²) in [5, 5.41) is 11.3. The standard InChI is InChI=1S/C16H18O3/c1-4-16(2,3)15(18)19-12-8-9-13-11(10-12)6-5-7-14(13)17/h5-10,17H,4H2,1-3H3. The lowest BCUT2D eigenvalue weighted by molar-refractivity contribution is -0.144. The first kappa shape index (κ1) is 13.4. The lowest BCUT2D eigenvalue weighted by Gasteiger charge is -2.20. The van der Waals surface area contributed by atoms with Crippen LogP contribution in [0.15, 0.2) is 36.4 Å². The predicted octanol–water partition coefficient (Wildman–Crippen LogP) is 3.89. The van der Waals surface area contributed by atoms with Gasteiger partial charge in [-0.2, -0.15) is 0 Å². The highest BCUT2D eigenvalue weighted by Gasteiger charge is 2.27. The maximum Gasteiger partial charge on any atom is 0.316 e. The summed E-state index contributed by atoms with van der Waals surface area (Å²) in [5.41, 5.74) is -0.492. The third kappa shape index (κ3) is 2.70. The highest BCUT2D eigenvalue weighted by molar-refractivity contribution is 5.89. The van der Waals surface area contributed by atoms with Crippen molar-refractivity contribution in [3.63, 3.8) is 0 Å². The second kappa shape index (κ2) is 4.92. The number of carbonyl (C=O) groups is 1. The Labute approximate surface area is 112 Å². The molecule has 0 aliphatic rings. The van der Waals surface area contributed by atoms with Crippen LogP contribution in [0.25, 0.3) is 10.8 Å². The fourth-order valence-electron chi connectivity index (χ4n) is 1.70. The Hall–Kier alpha value is -2.03. The monoisotopic (exact) mass is 258 g/mol. The maximum atomic E-state index is 12.0. The second-order valence-corrected chi connectivity index (χ2v) is 5.29. The van der Waals surface area contributed by atoms with E-state index in [1.165, 1.54) is 0 Å². The number of esters is 1. The van der Waals surface area contributed by atoms with E-state index >= 15 is 0 Å². The molecule has 0 aliphatic heterocycles. The average Bonchev–Trinajstić information content (AvgIpc) is 2.38. The summed E-state index contributed by atoms with van der Waals surface area (Å²) in [6.45, 7) is 5.68. The van der Waals surface area contributed by atoms with Crippen LogP contribution in [0.5, 0.6) is 11.5 Å². The zero-order chi connectivity index (χ0) is 14.0. The molecule has 0 aromatic heterocycles. The fourth-order valence-corrected chi connectivity index (χ4v) is 1.70. The molecule has 2 rings (SSSR count). The SMILES string of the molecule is CCC(C)(C)C(=O)Oc1ccc2c(O)cccc2c1. The number of rotatable bonds is 3. The Morgan fingerprint density at radius 3 is 2.68 bits per heavy atom. The van der Waals surface area contributed by atoms with E-state index in [1.807, 2.05) is 26.8 Å². The normalized spacial score (nSPS) is 11.5. The van der Waals surface area contributed by atoms with Gasteiger partial charge in [0.05, 0.1) is 5.41 Å². The maximum absolute atomic E-state index is 12.0. The van der Waals surface area contributed by atoms with Gasteiger partial charge in [-0.15, -0.1) is 0 Å². The van der Waals surface area contributed by atoms with Gasteiger partial charge in [0.15, 0.2) is 0 Å². The van der Waals surface area contributed by atoms with E-state index in [1.54, 1.807) is 30.3 Å². The first-order chi connectivity index (χ1) is 8.94. The van der Waals surface area contributed by atoms with Crippen molar-refractivity contribution >= 4 is 16.7 Å². The molecule has 0 saturated heterocycles. The van der Waals surface area contributed by atoms with Crippen molar-refractivity contribution in [2.45, 2.75) is 27.2 Å². The third-order valence-corrected chi connectivity index (χ3v) is 3.48. The minimum absolute atomic E-state index is 0.226. The van der Waals surface area contributed by atoms with Gasteiger partial charge in [0.25, 0.3) is 0 Å². The van der Waals surface area contributed by atoms with Crippen LogP contribution in [0.1, 0.15) is 27.2 Å². The van der Waals surface area contributed by atoms with Gasteiger partial charge in [-0.1, -0.05) is 19.1 Å². The zero-order valence-corrected chi connectivity index (χ0v) is 11.4. The van der Waals surface area contributed by atoms with Crippen molar-refractivity contribution in [1.29, 1.82) is 0 Å². The first-order valence-electron chi connectivity index (χ1n) is 6.38. The molecule has 0 atom stereocenters. The van der Waals surface area contributed by atoms with E-state index in [0.29, 0.717) is 5.75 Å². The molecule has 0 heterocycles. The number of phenols is 1. The number of fused-ring (bicyclic) bond motifs is 1. The number of hydrogen-bond acceptors (Lipinski definition) is 3. The molecule has 0 spiro atoms. The minimum atomic E-state index is -0.492. The van der Waals surface area contributed by atoms with Gasteiger partial charge >= 0.3 is 5.97 Å². The molecule has 0 radical (unpaired) electrons. The smallest absolute Gasteiger partial charge is 0.316 e. The Balaban J connectivity index is 2.30. The van der Waals surface area contributed by atoms with Crippen LogP contribution in [0.2, 0.25) is 0 Å². The molecule has 2 aromatic carbocycles. The predicted molar refractivity (Wildman–Crippen MR) is 75.3 cm³/mol. The lowest BCUT2D eigenvalue weighted by Crippen LogP contribution is -2.28. The van der Waals surface area contributed by atoms with Crippen LogP contribution >= 0.6 is 0 Å². The van der Waals surface area contributed by atoms with Gasteiger partial charge in [-0.3, -0.25) is 4.79 Å². The highest BCUT2D eigenvalue weighted by Crippen LogP contribution is 2.29. The Kier molecular flexibility index (Phi) is 3.47. The molecule has 19 heavy (non-hydrogen) atoms. The third-order valence-electron chi connectivity index (χ3n) is 3.48. The summed E-state index contributed by atoms with van der Waals surface area (Å²) in [4.78, 5) is 12.0. The van der Waals surface area contributed by atoms with Gasteiger partial charge < -0.3 is 9.84 Å². The van der Waals surface area contributed by atoms with Crippen LogP contribution in [-0.4, -0.2) is 11.1 Å². The van der Waals surface area contributed by atoms with E-state index in [0.717, 1.165) is 17.2 Å². The molecule has 100 valence electrons. The van der Waals surface area contributed by atoms with Crippen molar-refractivity contribution in [2.24, 2.45) is 5.41 Å². The summed E-state index contributed by atoms with van der Waals surface area (Å²) < 4.78 is 5.40. The van der Waals surface area contributed by atoms with E-state index in [9.17, 15) is 9.90 Å². The van der Waals surface area contributed by atoms with Crippen LogP contribution in [0, 0.1) is 5.41 Å². The van der Waals surface area contributed by atoms with Gasteiger partial charge in [0, 0.05) is 5.39 Å². The second-order valence-electron chi connectivity index (χ2n) is 5.29. The molecule has 0 amide bonds. The molecule has 3 nitrogen and oxygen atoms in total. The summed E-state index contributed by atoms with van der Waals surface area (Å²) in [6, 6.07) is 10.5. The Bertz CT molecular complexity index is 614. The summed E-state index contributed by atoms with van der Waals surface area (Å²) in [6.07, 6.45) is 0.722. The number of benzene rings is 2. The fraction of sp³-hybridized carbons (Fsp3) is 0.312. The quantitative estimate of drug-likeness (QED) is 0.671. The summed E-state index contributed by atoms with van der Waals surface area (Å²) in [5.74, 6) is 0.489. The molecule has 0 aliphatic carbocycles. The van der Waals surface area contributed by atoms with E-state index < -0.39 is 5.41 Å². The van der Waals surface area contributed by atoms with Gasteiger partial charge in [0.1, 0.15) is 11.5 Å². The number of carbonyl (C=O) groups excluding carboxylic acids is 1. The van der Waals surface area contributed by atoms with Crippen molar-refractivity contribution in [1.82, 2.24) is 0 Å². The number of phenolic OH excluding ortho intramolecular Hbond substituents is 1. The molecule has 1 N–H and O–H groups in total. The largest absolute Gasteiger partial charge is 0.507 e. The summed E-state index contributed by atoms with van der Waals surface area (Å²) >= 11 is 0. The van der Waals surface area contributed by atoms with Crippen LogP contribution in [0.3, 0.4) is 0 Å². The topological polar surface area (TPSA) is 46.5 Å². The minimum Gasteiger partial charge on any atom is -0.507 e. The molecular weight excluding hydrogens is 240 g/mol. The van der Waals surface area contributed by atoms with Crippen molar-refractivity contribution in [3.8, 4) is 11.5 Å². The highest BCUT2D eigenvalue weighted by atomic mass is 16.5. The average molecular weight is 258 g/mol. The van der Waals surface area contributed by atoms with Gasteiger partial charge in [-0.25, -0.2) is 0 Å². The van der Waals surface area contributed by atoms with E-state index in [-0.39, 0.29) is 11.7 Å². The number of ether oxygens (including phenoxy) is 1. The van der Waals surface area contributed by atoms with Crippen molar-refractivity contribution < 1.29 is 14.6 Å². The van der Waals surface area contributed by atoms with Gasteiger partial charge in [-0.05, 0) is 49.9 Å². The number of aromatic hydroxyl groups is 1. The molecule has 3 heteroatoms. The molecule has 0 unspecified atom stereocenters. The molecule has 0 fully saturated rings. The Morgan fingerprint density at radius 1 is 1.26 bits per heavy atom. The van der Waals surface area contributed by atoms with Crippen LogP contribution in [-0.2, 0) is 4.79 Å². The van der Waals surface area contributed by atoms with Crippen molar-refractivity contribution in [2.75, 3.05) is 0 Å². The van der Waals surface area contributed by atoms with E-state index in [2.05, 4.69) is 0 Å². The van der Waals surface area contributed by atoms with E-state index in [4.69, 9.17) is 4.74 Å². The molecule has 2 aromatic rings. The van der Waals surface area contributed by atoms with Crippen molar-refractivity contribution in [3.05, 3.63) is 36.4 Å². The zero-order valence-electron chi connectivity index (χ0n) is 11.4. The molecule has 0 saturated carbocycles. The van der Waals surface area contributed by atoms with Gasteiger partial charge in [0.2, 0.25) is 0 Å².